The maximum Gasteiger partial charge on any atom is 0.488 e. The molecule has 1 aliphatic rings. The smallest absolute Gasteiger partial charge is 0.405 e. The molecule has 0 aliphatic carbocycles. The van der Waals surface area contributed by atoms with Crippen molar-refractivity contribution >= 4 is 13.4 Å². The third-order valence-electron chi connectivity index (χ3n) is 2.93. The molecule has 2 N–H and O–H groups in total. The van der Waals surface area contributed by atoms with E-state index in [2.05, 4.69) is 0 Å². The Morgan fingerprint density at radius 2 is 1.38 bits per heavy atom. The number of nitrogens with two attached hydrogens (primary N) is 1. The highest BCUT2D eigenvalue weighted by atomic mass is 16.7. The van der Waals surface area contributed by atoms with Crippen molar-refractivity contribution in [1.82, 2.24) is 0 Å². The lowest BCUT2D eigenvalue weighted by atomic mass is 9.90. The van der Waals surface area contributed by atoms with Crippen molar-refractivity contribution in [2.75, 3.05) is 5.73 Å². The lowest BCUT2D eigenvalue weighted by molar-refractivity contribution is 0.00578. The normalized spacial score (nSPS) is 20.5. The summed E-state index contributed by atoms with van der Waals surface area (Å²) < 4.78 is 10.4. The topological polar surface area (TPSA) is 44.5 Å². The standard InChI is InChI=1S/C6H12BO2.C6H7N/c1-5(2)6(3,4)9-7-8-5;7-6-4-2-1-3-5-6/h1-4H3;1-5H,7H2. The fourth-order valence-electron chi connectivity index (χ4n) is 1.00. The molecule has 1 aromatic rings. The summed E-state index contributed by atoms with van der Waals surface area (Å²) in [6.45, 7) is 8.04. The van der Waals surface area contributed by atoms with Crippen molar-refractivity contribution in [3.8, 4) is 0 Å². The van der Waals surface area contributed by atoms with E-state index in [1.165, 1.54) is 7.69 Å². The minimum absolute atomic E-state index is 0.187. The second-order valence-corrected chi connectivity index (χ2v) is 4.76. The summed E-state index contributed by atoms with van der Waals surface area (Å²) in [6.07, 6.45) is 0. The highest BCUT2D eigenvalue weighted by molar-refractivity contribution is 6.19. The van der Waals surface area contributed by atoms with Crippen LogP contribution in [0.3, 0.4) is 0 Å². The lowest BCUT2D eigenvalue weighted by Gasteiger charge is -2.32. The zero-order chi connectivity index (χ0) is 12.2. The minimum Gasteiger partial charge on any atom is -0.405 e. The van der Waals surface area contributed by atoms with Gasteiger partial charge in [-0.2, -0.15) is 0 Å². The Labute approximate surface area is 98.2 Å². The Hall–Kier alpha value is -0.995. The van der Waals surface area contributed by atoms with Gasteiger partial charge in [-0.1, -0.05) is 18.2 Å². The zero-order valence-corrected chi connectivity index (χ0v) is 10.4. The van der Waals surface area contributed by atoms with Crippen LogP contribution < -0.4 is 5.73 Å². The molecule has 0 saturated carbocycles. The van der Waals surface area contributed by atoms with Crippen LogP contribution >= 0.6 is 0 Å². The van der Waals surface area contributed by atoms with Crippen molar-refractivity contribution in [3.05, 3.63) is 30.3 Å². The molecule has 1 fully saturated rings. The van der Waals surface area contributed by atoms with Gasteiger partial charge >= 0.3 is 7.69 Å². The molecule has 16 heavy (non-hydrogen) atoms. The fourth-order valence-corrected chi connectivity index (χ4v) is 1.00. The van der Waals surface area contributed by atoms with Crippen LogP contribution in [0.5, 0.6) is 0 Å². The molecule has 3 nitrogen and oxygen atoms in total. The molecule has 0 amide bonds. The van der Waals surface area contributed by atoms with Crippen LogP contribution in [0.25, 0.3) is 0 Å². The van der Waals surface area contributed by atoms with Gasteiger partial charge < -0.3 is 15.0 Å². The number of para-hydroxylation sites is 1. The average molecular weight is 220 g/mol. The van der Waals surface area contributed by atoms with Crippen molar-refractivity contribution in [2.24, 2.45) is 0 Å². The van der Waals surface area contributed by atoms with Gasteiger partial charge in [0.15, 0.2) is 0 Å². The summed E-state index contributed by atoms with van der Waals surface area (Å²) in [4.78, 5) is 0. The summed E-state index contributed by atoms with van der Waals surface area (Å²) in [5, 5.41) is 0. The van der Waals surface area contributed by atoms with Gasteiger partial charge in [0.25, 0.3) is 0 Å². The SMILES string of the molecule is CC1(C)O[B]OC1(C)C.Nc1ccccc1. The van der Waals surface area contributed by atoms with E-state index in [1.807, 2.05) is 58.0 Å². The molecule has 0 aromatic heterocycles. The van der Waals surface area contributed by atoms with Gasteiger partial charge in [0.1, 0.15) is 0 Å². The number of benzene rings is 1. The van der Waals surface area contributed by atoms with Crippen LogP contribution in [0.15, 0.2) is 30.3 Å². The van der Waals surface area contributed by atoms with Crippen molar-refractivity contribution in [2.45, 2.75) is 38.9 Å². The van der Waals surface area contributed by atoms with E-state index in [9.17, 15) is 0 Å². The third-order valence-corrected chi connectivity index (χ3v) is 2.93. The Morgan fingerprint density at radius 1 is 0.938 bits per heavy atom. The van der Waals surface area contributed by atoms with Gasteiger partial charge in [-0.3, -0.25) is 0 Å². The summed E-state index contributed by atoms with van der Waals surface area (Å²) in [5.41, 5.74) is 5.80. The molecule has 4 heteroatoms. The number of hydrogen-bond donors (Lipinski definition) is 1. The van der Waals surface area contributed by atoms with Crippen LogP contribution in [-0.4, -0.2) is 18.9 Å². The summed E-state index contributed by atoms with van der Waals surface area (Å²) in [7, 11) is 1.42. The monoisotopic (exact) mass is 220 g/mol. The number of rotatable bonds is 0. The predicted octanol–water partition coefficient (Wildman–Crippen LogP) is 2.39. The maximum atomic E-state index is 5.36. The minimum atomic E-state index is -0.188. The number of nitrogen functional groups attached to an aromatic ring is 1. The molecule has 1 aliphatic heterocycles. The Balaban J connectivity index is 0.000000165. The van der Waals surface area contributed by atoms with E-state index >= 15 is 0 Å². The van der Waals surface area contributed by atoms with Gasteiger partial charge in [0.05, 0.1) is 11.2 Å². The van der Waals surface area contributed by atoms with Gasteiger partial charge in [0, 0.05) is 5.69 Å². The van der Waals surface area contributed by atoms with Crippen LogP contribution in [0.1, 0.15) is 27.7 Å². The highest BCUT2D eigenvalue weighted by Crippen LogP contribution is 2.33. The quantitative estimate of drug-likeness (QED) is 0.539. The Kier molecular flexibility index (Phi) is 4.00. The molecule has 0 unspecified atom stereocenters. The van der Waals surface area contributed by atoms with Crippen molar-refractivity contribution in [3.63, 3.8) is 0 Å². The first-order valence-electron chi connectivity index (χ1n) is 5.33. The second-order valence-electron chi connectivity index (χ2n) is 4.76. The maximum absolute atomic E-state index is 5.36. The molecule has 1 saturated heterocycles. The van der Waals surface area contributed by atoms with Crippen LogP contribution in [0.4, 0.5) is 5.69 Å². The van der Waals surface area contributed by atoms with Gasteiger partial charge in [-0.05, 0) is 39.8 Å². The van der Waals surface area contributed by atoms with Crippen LogP contribution in [0.2, 0.25) is 0 Å². The van der Waals surface area contributed by atoms with Gasteiger partial charge in [0.2, 0.25) is 0 Å². The molecule has 0 bridgehead atoms. The summed E-state index contributed by atoms with van der Waals surface area (Å²) in [6, 6.07) is 9.49. The van der Waals surface area contributed by atoms with E-state index in [0.717, 1.165) is 5.69 Å². The first-order valence-corrected chi connectivity index (χ1v) is 5.33. The first kappa shape index (κ1) is 13.1. The van der Waals surface area contributed by atoms with Crippen LogP contribution in [-0.2, 0) is 9.31 Å². The predicted molar refractivity (Wildman–Crippen MR) is 66.9 cm³/mol. The molecule has 2 rings (SSSR count). The Bertz CT molecular complexity index is 311. The van der Waals surface area contributed by atoms with Crippen molar-refractivity contribution < 1.29 is 9.31 Å². The number of anilines is 1. The van der Waals surface area contributed by atoms with Crippen LogP contribution in [0, 0.1) is 0 Å². The molecular formula is C12H19BNO2. The largest absolute Gasteiger partial charge is 0.488 e. The van der Waals surface area contributed by atoms with E-state index in [4.69, 9.17) is 15.0 Å². The molecule has 1 heterocycles. The zero-order valence-electron chi connectivity index (χ0n) is 10.4. The summed E-state index contributed by atoms with van der Waals surface area (Å²) in [5.74, 6) is 0. The number of hydrogen-bond acceptors (Lipinski definition) is 3. The molecule has 0 spiro atoms. The fraction of sp³-hybridized carbons (Fsp3) is 0.500. The average Bonchev–Trinajstić information content (AvgIpc) is 2.41. The summed E-state index contributed by atoms with van der Waals surface area (Å²) >= 11 is 0. The second kappa shape index (κ2) is 4.89. The van der Waals surface area contributed by atoms with E-state index in [-0.39, 0.29) is 11.2 Å². The molecule has 1 radical (unpaired) electrons. The van der Waals surface area contributed by atoms with E-state index < -0.39 is 0 Å². The highest BCUT2D eigenvalue weighted by Gasteiger charge is 2.44. The first-order chi connectivity index (χ1) is 7.35. The molecule has 87 valence electrons. The van der Waals surface area contributed by atoms with Crippen molar-refractivity contribution in [1.29, 1.82) is 0 Å². The van der Waals surface area contributed by atoms with Gasteiger partial charge in [-0.15, -0.1) is 0 Å². The van der Waals surface area contributed by atoms with E-state index in [1.54, 1.807) is 0 Å². The molecule has 0 atom stereocenters. The third kappa shape index (κ3) is 3.25. The van der Waals surface area contributed by atoms with Gasteiger partial charge in [-0.25, -0.2) is 0 Å². The molecular weight excluding hydrogens is 201 g/mol. The van der Waals surface area contributed by atoms with E-state index in [0.29, 0.717) is 0 Å². The Morgan fingerprint density at radius 3 is 1.56 bits per heavy atom. The lowest BCUT2D eigenvalue weighted by Crippen LogP contribution is -2.41. The molecule has 1 aromatic carbocycles.